The van der Waals surface area contributed by atoms with E-state index in [-0.39, 0.29) is 30.1 Å². The van der Waals surface area contributed by atoms with Crippen LogP contribution in [0.4, 0.5) is 23.9 Å². The highest BCUT2D eigenvalue weighted by Gasteiger charge is 2.25. The smallest absolute Gasteiger partial charge is 0.321 e. The maximum absolute atomic E-state index is 14.0. The van der Waals surface area contributed by atoms with E-state index in [0.29, 0.717) is 49.8 Å². The molecule has 0 spiro atoms. The van der Waals surface area contributed by atoms with Gasteiger partial charge in [-0.15, -0.1) is 0 Å². The van der Waals surface area contributed by atoms with Gasteiger partial charge in [-0.3, -0.25) is 25.0 Å². The molecule has 0 aliphatic carbocycles. The van der Waals surface area contributed by atoms with E-state index in [2.05, 4.69) is 30.9 Å². The molecule has 0 radical (unpaired) electrons. The summed E-state index contributed by atoms with van der Waals surface area (Å²) in [7, 11) is 0. The van der Waals surface area contributed by atoms with E-state index in [0.717, 1.165) is 24.6 Å². The first-order valence-corrected chi connectivity index (χ1v) is 13.1. The predicted molar refractivity (Wildman–Crippen MR) is 149 cm³/mol. The molecule has 0 saturated carbocycles. The van der Waals surface area contributed by atoms with Crippen LogP contribution in [0.15, 0.2) is 52.4 Å². The second kappa shape index (κ2) is 13.8. The number of rotatable bonds is 11. The maximum Gasteiger partial charge on any atom is 0.321 e. The highest BCUT2D eigenvalue weighted by molar-refractivity contribution is 5.87. The van der Waals surface area contributed by atoms with Crippen molar-refractivity contribution in [3.8, 4) is 11.1 Å². The molecule has 1 saturated heterocycles. The highest BCUT2D eigenvalue weighted by Crippen LogP contribution is 2.19. The average molecular weight is 572 g/mol. The lowest BCUT2D eigenvalue weighted by Crippen LogP contribution is -2.40. The third-order valence-corrected chi connectivity index (χ3v) is 6.52. The van der Waals surface area contributed by atoms with Gasteiger partial charge in [0.15, 0.2) is 17.6 Å². The molecule has 1 fully saturated rings. The van der Waals surface area contributed by atoms with Crippen LogP contribution in [0, 0.1) is 17.5 Å². The van der Waals surface area contributed by atoms with Crippen LogP contribution in [-0.2, 0) is 13.1 Å². The van der Waals surface area contributed by atoms with Gasteiger partial charge in [0.25, 0.3) is 5.56 Å². The zero-order valence-corrected chi connectivity index (χ0v) is 22.2. The number of carbonyl (C=O) groups is 1. The number of aromatic amines is 1. The average Bonchev–Trinajstić information content (AvgIpc) is 3.36. The number of aliphatic imine (C=N–C) groups is 1. The Morgan fingerprint density at radius 1 is 1.12 bits per heavy atom. The molecule has 1 aliphatic rings. The number of anilines is 1. The first-order chi connectivity index (χ1) is 19.7. The Labute approximate surface area is 234 Å². The number of benzene rings is 2. The van der Waals surface area contributed by atoms with E-state index in [4.69, 9.17) is 11.5 Å². The van der Waals surface area contributed by atoms with Crippen molar-refractivity contribution in [1.29, 1.82) is 0 Å². The van der Waals surface area contributed by atoms with Gasteiger partial charge in [0, 0.05) is 56.6 Å². The molecule has 1 aliphatic heterocycles. The molecule has 2 aromatic carbocycles. The summed E-state index contributed by atoms with van der Waals surface area (Å²) in [4.78, 5) is 37.6. The molecule has 1 unspecified atom stereocenters. The number of guanidine groups is 1. The SMILES string of the molecule is NC(N)=NCCCNCc1ccc(-c2cnc(NC(=O)NC3CCN(Cc4cc(F)c(F)cc4F)C3)[nH]c2=O)cc1. The van der Waals surface area contributed by atoms with E-state index >= 15 is 0 Å². The first-order valence-electron chi connectivity index (χ1n) is 13.1. The highest BCUT2D eigenvalue weighted by atomic mass is 19.2. The van der Waals surface area contributed by atoms with Gasteiger partial charge in [-0.1, -0.05) is 24.3 Å². The molecule has 1 aromatic heterocycles. The van der Waals surface area contributed by atoms with Crippen LogP contribution < -0.4 is 33.0 Å². The summed E-state index contributed by atoms with van der Waals surface area (Å²) in [6.07, 6.45) is 2.76. The number of halogens is 3. The molecule has 41 heavy (non-hydrogen) atoms. The third kappa shape index (κ3) is 8.53. The van der Waals surface area contributed by atoms with Gasteiger partial charge >= 0.3 is 6.03 Å². The van der Waals surface area contributed by atoms with Crippen LogP contribution in [0.2, 0.25) is 0 Å². The molecule has 2 amide bonds. The number of urea groups is 1. The van der Waals surface area contributed by atoms with Crippen molar-refractivity contribution < 1.29 is 18.0 Å². The van der Waals surface area contributed by atoms with Crippen LogP contribution in [0.1, 0.15) is 24.0 Å². The van der Waals surface area contributed by atoms with Gasteiger partial charge in [0.2, 0.25) is 5.95 Å². The van der Waals surface area contributed by atoms with E-state index in [1.807, 2.05) is 29.2 Å². The Morgan fingerprint density at radius 2 is 1.88 bits per heavy atom. The summed E-state index contributed by atoms with van der Waals surface area (Å²) in [6, 6.07) is 7.99. The van der Waals surface area contributed by atoms with Gasteiger partial charge < -0.3 is 22.1 Å². The minimum atomic E-state index is -1.24. The topological polar surface area (TPSA) is 167 Å². The first kappa shape index (κ1) is 29.6. The number of hydrogen-bond donors (Lipinski definition) is 6. The number of likely N-dealkylation sites (tertiary alicyclic amines) is 1. The van der Waals surface area contributed by atoms with Crippen molar-refractivity contribution in [3.63, 3.8) is 0 Å². The zero-order chi connectivity index (χ0) is 29.4. The standard InChI is InChI=1S/C27H32F3N9O2/c28-21-11-23(30)22(29)10-18(21)14-39-9-6-19(15-39)36-27(41)38-26-35-13-20(24(40)37-26)17-4-2-16(3-5-17)12-33-7-1-8-34-25(31)32/h2-5,10-11,13,19,33H,1,6-9,12,14-15H2,(H4,31,32,34)(H3,35,36,37,38,40,41). The molecule has 0 bridgehead atoms. The molecule has 14 heteroatoms. The zero-order valence-electron chi connectivity index (χ0n) is 22.2. The molecule has 218 valence electrons. The molecule has 8 N–H and O–H groups in total. The van der Waals surface area contributed by atoms with Crippen molar-refractivity contribution in [2.75, 3.05) is 31.5 Å². The number of hydrogen-bond acceptors (Lipinski definition) is 6. The lowest BCUT2D eigenvalue weighted by Gasteiger charge is -2.17. The fraction of sp³-hybridized carbons (Fsp3) is 0.333. The van der Waals surface area contributed by atoms with Gasteiger partial charge in [-0.2, -0.15) is 0 Å². The molecular formula is C27H32F3N9O2. The summed E-state index contributed by atoms with van der Waals surface area (Å²) in [6.45, 7) is 2.95. The molecule has 11 nitrogen and oxygen atoms in total. The number of nitrogens with two attached hydrogens (primary N) is 2. The molecular weight excluding hydrogens is 539 g/mol. The second-order valence-corrected chi connectivity index (χ2v) is 9.69. The number of carbonyl (C=O) groups excluding carboxylic acids is 1. The largest absolute Gasteiger partial charge is 0.370 e. The van der Waals surface area contributed by atoms with Crippen molar-refractivity contribution in [2.45, 2.75) is 32.0 Å². The van der Waals surface area contributed by atoms with E-state index in [1.165, 1.54) is 6.20 Å². The van der Waals surface area contributed by atoms with Crippen LogP contribution in [0.5, 0.6) is 0 Å². The summed E-state index contributed by atoms with van der Waals surface area (Å²) in [5, 5.41) is 8.59. The van der Waals surface area contributed by atoms with Crippen molar-refractivity contribution in [3.05, 3.63) is 81.5 Å². The van der Waals surface area contributed by atoms with E-state index < -0.39 is 29.0 Å². The molecule has 1 atom stereocenters. The van der Waals surface area contributed by atoms with Crippen LogP contribution >= 0.6 is 0 Å². The Kier molecular flexibility index (Phi) is 9.92. The Hall–Kier alpha value is -4.43. The number of nitrogens with zero attached hydrogens (tertiary/aromatic N) is 3. The van der Waals surface area contributed by atoms with Gasteiger partial charge in [-0.25, -0.2) is 22.9 Å². The minimum absolute atomic E-state index is 0.0171. The van der Waals surface area contributed by atoms with Crippen LogP contribution in [0.25, 0.3) is 11.1 Å². The number of amides is 2. The lowest BCUT2D eigenvalue weighted by atomic mass is 10.1. The van der Waals surface area contributed by atoms with Gasteiger partial charge in [-0.05, 0) is 36.6 Å². The Bertz CT molecular complexity index is 1440. The predicted octanol–water partition coefficient (Wildman–Crippen LogP) is 2.00. The van der Waals surface area contributed by atoms with E-state index in [1.54, 1.807) is 0 Å². The Balaban J connectivity index is 1.24. The molecule has 2 heterocycles. The summed E-state index contributed by atoms with van der Waals surface area (Å²) in [5.74, 6) is -3.11. The Morgan fingerprint density at radius 3 is 2.61 bits per heavy atom. The fourth-order valence-electron chi connectivity index (χ4n) is 4.46. The van der Waals surface area contributed by atoms with Crippen LogP contribution in [-0.4, -0.2) is 59.1 Å². The van der Waals surface area contributed by atoms with Crippen molar-refractivity contribution in [2.24, 2.45) is 16.5 Å². The number of nitrogens with one attached hydrogen (secondary N) is 4. The van der Waals surface area contributed by atoms with Crippen molar-refractivity contribution in [1.82, 2.24) is 25.5 Å². The minimum Gasteiger partial charge on any atom is -0.370 e. The number of H-pyrrole nitrogens is 1. The lowest BCUT2D eigenvalue weighted by molar-refractivity contribution is 0.247. The van der Waals surface area contributed by atoms with Crippen LogP contribution in [0.3, 0.4) is 0 Å². The normalized spacial score (nSPS) is 15.0. The summed E-state index contributed by atoms with van der Waals surface area (Å²) < 4.78 is 40.6. The monoisotopic (exact) mass is 571 g/mol. The molecule has 4 rings (SSSR count). The molecule has 3 aromatic rings. The summed E-state index contributed by atoms with van der Waals surface area (Å²) >= 11 is 0. The second-order valence-electron chi connectivity index (χ2n) is 9.69. The number of aromatic nitrogens is 2. The third-order valence-electron chi connectivity index (χ3n) is 6.52. The van der Waals surface area contributed by atoms with Gasteiger partial charge in [0.05, 0.1) is 5.56 Å². The maximum atomic E-state index is 14.0. The van der Waals surface area contributed by atoms with Crippen molar-refractivity contribution >= 4 is 17.9 Å². The summed E-state index contributed by atoms with van der Waals surface area (Å²) in [5.41, 5.74) is 12.3. The fourth-order valence-corrected chi connectivity index (χ4v) is 4.46. The van der Waals surface area contributed by atoms with Gasteiger partial charge in [0.1, 0.15) is 5.82 Å². The quantitative estimate of drug-likeness (QED) is 0.0886. The van der Waals surface area contributed by atoms with E-state index in [9.17, 15) is 22.8 Å².